The van der Waals surface area contributed by atoms with Crippen LogP contribution < -0.4 is 0 Å². The van der Waals surface area contributed by atoms with E-state index < -0.39 is 5.92 Å². The Morgan fingerprint density at radius 1 is 0.852 bits per heavy atom. The summed E-state index contributed by atoms with van der Waals surface area (Å²) in [5.74, 6) is -0.304. The number of ketones is 1. The quantitative estimate of drug-likeness (QED) is 0.443. The van der Waals surface area contributed by atoms with Crippen LogP contribution in [0.25, 0.3) is 0 Å². The molecule has 132 valence electrons. The van der Waals surface area contributed by atoms with Crippen molar-refractivity contribution in [1.82, 2.24) is 0 Å². The van der Waals surface area contributed by atoms with Gasteiger partial charge < -0.3 is 0 Å². The number of hydrogen-bond acceptors (Lipinski definition) is 3. The third-order valence-electron chi connectivity index (χ3n) is 5.00. The van der Waals surface area contributed by atoms with Gasteiger partial charge in [-0.05, 0) is 23.8 Å². The number of thioether (sulfide) groups is 1. The van der Waals surface area contributed by atoms with Crippen molar-refractivity contribution in [3.63, 3.8) is 0 Å². The van der Waals surface area contributed by atoms with Gasteiger partial charge in [0.15, 0.2) is 5.78 Å². The topological polar surface area (TPSA) is 29.4 Å². The molecule has 1 heterocycles. The average molecular weight is 410 g/mol. The van der Waals surface area contributed by atoms with Gasteiger partial charge in [0.1, 0.15) is 0 Å². The molecule has 2 atom stereocenters. The highest BCUT2D eigenvalue weighted by Gasteiger charge is 2.44. The Morgan fingerprint density at radius 2 is 1.59 bits per heavy atom. The molecule has 3 aromatic rings. The number of hydrogen-bond donors (Lipinski definition) is 0. The zero-order valence-corrected chi connectivity index (χ0v) is 16.4. The summed E-state index contributed by atoms with van der Waals surface area (Å²) in [5, 5.41) is 0.798. The standard InChI is InChI=1S/C22H13Cl2NOS/c23-15-9-5-8-14(19(15)24)22-18-20(12-6-1-2-7-13(12)21(18)26)25-16-10-3-4-11-17(16)27-22/h1-11,18,22H/t18-,22-/m1/s1. The summed E-state index contributed by atoms with van der Waals surface area (Å²) in [6.45, 7) is 0. The fourth-order valence-corrected chi connectivity index (χ4v) is 5.63. The lowest BCUT2D eigenvalue weighted by molar-refractivity contribution is 0.0960. The van der Waals surface area contributed by atoms with E-state index in [1.165, 1.54) is 0 Å². The van der Waals surface area contributed by atoms with E-state index in [9.17, 15) is 4.79 Å². The molecule has 0 radical (unpaired) electrons. The zero-order chi connectivity index (χ0) is 18.5. The largest absolute Gasteiger partial charge is 0.293 e. The van der Waals surface area contributed by atoms with E-state index in [2.05, 4.69) is 0 Å². The molecule has 0 saturated heterocycles. The number of benzene rings is 3. The molecule has 1 aliphatic heterocycles. The van der Waals surface area contributed by atoms with Crippen LogP contribution in [0, 0.1) is 5.92 Å². The molecule has 0 spiro atoms. The number of Topliss-reactive ketones (excluding diaryl/α,β-unsaturated/α-hetero) is 1. The third-order valence-corrected chi connectivity index (χ3v) is 7.21. The van der Waals surface area contributed by atoms with Gasteiger partial charge in [-0.3, -0.25) is 9.79 Å². The first kappa shape index (κ1) is 17.1. The zero-order valence-electron chi connectivity index (χ0n) is 14.0. The second-order valence-electron chi connectivity index (χ2n) is 6.53. The molecule has 0 amide bonds. The highest BCUT2D eigenvalue weighted by Crippen LogP contribution is 2.53. The molecule has 0 unspecified atom stereocenters. The molecule has 2 aliphatic rings. The molecule has 0 saturated carbocycles. The van der Waals surface area contributed by atoms with Crippen molar-refractivity contribution in [2.24, 2.45) is 10.9 Å². The summed E-state index contributed by atoms with van der Waals surface area (Å²) < 4.78 is 0. The van der Waals surface area contributed by atoms with Crippen LogP contribution >= 0.6 is 35.0 Å². The molecule has 5 rings (SSSR count). The fraction of sp³-hybridized carbons (Fsp3) is 0.0909. The Hall–Kier alpha value is -2.07. The monoisotopic (exact) mass is 409 g/mol. The molecule has 0 aromatic heterocycles. The molecule has 1 aliphatic carbocycles. The maximum atomic E-state index is 13.3. The van der Waals surface area contributed by atoms with Gasteiger partial charge in [-0.15, -0.1) is 11.8 Å². The Labute approximate surface area is 171 Å². The summed E-state index contributed by atoms with van der Waals surface area (Å²) in [6, 6.07) is 21.3. The summed E-state index contributed by atoms with van der Waals surface area (Å²) in [5.41, 5.74) is 4.20. The Morgan fingerprint density at radius 3 is 2.44 bits per heavy atom. The van der Waals surface area contributed by atoms with E-state index >= 15 is 0 Å². The Bertz CT molecular complexity index is 1120. The average Bonchev–Trinajstić information content (AvgIpc) is 2.85. The number of rotatable bonds is 1. The van der Waals surface area contributed by atoms with Gasteiger partial charge in [-0.25, -0.2) is 0 Å². The second-order valence-corrected chi connectivity index (χ2v) is 8.50. The highest BCUT2D eigenvalue weighted by atomic mass is 35.5. The predicted molar refractivity (Wildman–Crippen MR) is 112 cm³/mol. The molecule has 27 heavy (non-hydrogen) atoms. The number of para-hydroxylation sites is 1. The van der Waals surface area contributed by atoms with E-state index in [0.29, 0.717) is 10.0 Å². The van der Waals surface area contributed by atoms with Crippen molar-refractivity contribution >= 4 is 52.1 Å². The molecule has 2 nitrogen and oxygen atoms in total. The van der Waals surface area contributed by atoms with Crippen molar-refractivity contribution in [1.29, 1.82) is 0 Å². The lowest BCUT2D eigenvalue weighted by Crippen LogP contribution is -2.22. The first-order valence-electron chi connectivity index (χ1n) is 8.57. The predicted octanol–water partition coefficient (Wildman–Crippen LogP) is 6.77. The van der Waals surface area contributed by atoms with Gasteiger partial charge in [0.25, 0.3) is 0 Å². The number of carbonyl (C=O) groups is 1. The van der Waals surface area contributed by atoms with Crippen LogP contribution in [0.4, 0.5) is 5.69 Å². The van der Waals surface area contributed by atoms with Crippen molar-refractivity contribution in [3.05, 3.63) is 93.5 Å². The smallest absolute Gasteiger partial charge is 0.174 e. The first-order chi connectivity index (χ1) is 13.1. The number of aliphatic imine (C=N–C) groups is 1. The van der Waals surface area contributed by atoms with Gasteiger partial charge >= 0.3 is 0 Å². The molecular formula is C22H13Cl2NOS. The summed E-state index contributed by atoms with van der Waals surface area (Å²) >= 11 is 14.5. The van der Waals surface area contributed by atoms with Crippen LogP contribution in [0.2, 0.25) is 10.0 Å². The van der Waals surface area contributed by atoms with E-state index in [1.807, 2.05) is 60.7 Å². The summed E-state index contributed by atoms with van der Waals surface area (Å²) in [6.07, 6.45) is 0. The van der Waals surface area contributed by atoms with Crippen molar-refractivity contribution in [2.75, 3.05) is 0 Å². The van der Waals surface area contributed by atoms with Gasteiger partial charge in [0, 0.05) is 16.0 Å². The van der Waals surface area contributed by atoms with Crippen molar-refractivity contribution in [2.45, 2.75) is 10.1 Å². The van der Waals surface area contributed by atoms with E-state index in [1.54, 1.807) is 17.8 Å². The van der Waals surface area contributed by atoms with Crippen LogP contribution in [0.15, 0.2) is 76.6 Å². The lowest BCUT2D eigenvalue weighted by Gasteiger charge is -2.22. The number of carbonyl (C=O) groups excluding carboxylic acids is 1. The van der Waals surface area contributed by atoms with Crippen molar-refractivity contribution < 1.29 is 4.79 Å². The Kier molecular flexibility index (Phi) is 4.12. The summed E-state index contributed by atoms with van der Waals surface area (Å²) in [4.78, 5) is 19.3. The first-order valence-corrected chi connectivity index (χ1v) is 10.2. The van der Waals surface area contributed by atoms with E-state index in [4.69, 9.17) is 28.2 Å². The summed E-state index contributed by atoms with van der Waals surface area (Å²) in [7, 11) is 0. The molecule has 0 N–H and O–H groups in total. The van der Waals surface area contributed by atoms with E-state index in [0.717, 1.165) is 33.0 Å². The molecule has 3 aromatic carbocycles. The maximum Gasteiger partial charge on any atom is 0.174 e. The number of fused-ring (bicyclic) bond motifs is 4. The lowest BCUT2D eigenvalue weighted by atomic mass is 9.93. The SMILES string of the molecule is O=C1c2ccccc2C2=Nc3ccccc3S[C@H](c3cccc(Cl)c3Cl)[C@@H]12. The molecule has 5 heteroatoms. The number of nitrogens with zero attached hydrogens (tertiary/aromatic N) is 1. The van der Waals surface area contributed by atoms with Crippen molar-refractivity contribution in [3.8, 4) is 0 Å². The van der Waals surface area contributed by atoms with Crippen LogP contribution in [-0.4, -0.2) is 11.5 Å². The number of halogens is 2. The normalized spacial score (nSPS) is 20.4. The fourth-order valence-electron chi connectivity index (χ4n) is 3.76. The second kappa shape index (κ2) is 6.52. The van der Waals surface area contributed by atoms with Gasteiger partial charge in [-0.1, -0.05) is 71.7 Å². The van der Waals surface area contributed by atoms with Crippen LogP contribution in [0.3, 0.4) is 0 Å². The van der Waals surface area contributed by atoms with Crippen LogP contribution in [0.5, 0.6) is 0 Å². The van der Waals surface area contributed by atoms with Gasteiger partial charge in [0.2, 0.25) is 0 Å². The Balaban J connectivity index is 1.78. The minimum Gasteiger partial charge on any atom is -0.293 e. The van der Waals surface area contributed by atoms with Gasteiger partial charge in [-0.2, -0.15) is 0 Å². The van der Waals surface area contributed by atoms with Crippen LogP contribution in [-0.2, 0) is 0 Å². The molecular weight excluding hydrogens is 397 g/mol. The van der Waals surface area contributed by atoms with Gasteiger partial charge in [0.05, 0.1) is 32.6 Å². The highest BCUT2D eigenvalue weighted by molar-refractivity contribution is 7.99. The third kappa shape index (κ3) is 2.65. The van der Waals surface area contributed by atoms with Crippen LogP contribution in [0.1, 0.15) is 26.7 Å². The molecule has 0 bridgehead atoms. The minimum absolute atomic E-state index is 0.0886. The minimum atomic E-state index is -0.393. The maximum absolute atomic E-state index is 13.3. The molecule has 0 fully saturated rings. The van der Waals surface area contributed by atoms with E-state index in [-0.39, 0.29) is 11.0 Å².